The first kappa shape index (κ1) is 24.8. The summed E-state index contributed by atoms with van der Waals surface area (Å²) in [6.45, 7) is 14.8. The summed E-state index contributed by atoms with van der Waals surface area (Å²) < 4.78 is 11.5. The number of ether oxygens (including phenoxy) is 1. The van der Waals surface area contributed by atoms with E-state index in [1.54, 1.807) is 0 Å². The van der Waals surface area contributed by atoms with E-state index in [0.29, 0.717) is 29.3 Å². The lowest BCUT2D eigenvalue weighted by Crippen LogP contribution is -2.54. The third-order valence-electron chi connectivity index (χ3n) is 10.9. The third-order valence-corrected chi connectivity index (χ3v) is 12.0. The molecule has 0 saturated heterocycles. The van der Waals surface area contributed by atoms with Crippen LogP contribution in [0, 0.1) is 46.3 Å². The minimum Gasteiger partial charge on any atom is -0.469 e. The van der Waals surface area contributed by atoms with Gasteiger partial charge in [-0.25, -0.2) is 0 Å². The van der Waals surface area contributed by atoms with Gasteiger partial charge in [-0.05, 0) is 130 Å². The molecule has 0 aromatic rings. The van der Waals surface area contributed by atoms with Gasteiger partial charge in [-0.15, -0.1) is 0 Å². The Balaban J connectivity index is 1.44. The number of carbonyl (C=O) groups is 1. The molecule has 0 aromatic carbocycles. The lowest BCUT2D eigenvalue weighted by Gasteiger charge is -2.61. The molecule has 4 heteroatoms. The Morgan fingerprint density at radius 3 is 2.34 bits per heavy atom. The molecule has 184 valence electrons. The van der Waals surface area contributed by atoms with Crippen LogP contribution in [0.3, 0.4) is 0 Å². The van der Waals surface area contributed by atoms with Crippen molar-refractivity contribution in [1.29, 1.82) is 0 Å². The normalized spacial score (nSPS) is 44.8. The fourth-order valence-corrected chi connectivity index (χ4v) is 10.7. The van der Waals surface area contributed by atoms with E-state index in [1.165, 1.54) is 64.9 Å². The molecule has 3 nitrogen and oxygen atoms in total. The highest BCUT2D eigenvalue weighted by molar-refractivity contribution is 6.69. The van der Waals surface area contributed by atoms with Crippen LogP contribution in [0.2, 0.25) is 19.6 Å². The Bertz CT molecular complexity index is 687. The van der Waals surface area contributed by atoms with E-state index >= 15 is 0 Å². The fourth-order valence-electron chi connectivity index (χ4n) is 9.45. The molecular weight excluding hydrogens is 412 g/mol. The Morgan fingerprint density at radius 1 is 0.969 bits per heavy atom. The van der Waals surface area contributed by atoms with Crippen molar-refractivity contribution in [1.82, 2.24) is 0 Å². The van der Waals surface area contributed by atoms with Crippen LogP contribution < -0.4 is 0 Å². The molecule has 0 N–H and O–H groups in total. The van der Waals surface area contributed by atoms with E-state index in [0.717, 1.165) is 36.0 Å². The molecule has 0 bridgehead atoms. The highest BCUT2D eigenvalue weighted by atomic mass is 28.4. The highest BCUT2D eigenvalue weighted by Gasteiger charge is 2.60. The van der Waals surface area contributed by atoms with Gasteiger partial charge in [0.25, 0.3) is 0 Å². The molecule has 9 atom stereocenters. The first-order chi connectivity index (χ1) is 15.0. The van der Waals surface area contributed by atoms with E-state index < -0.39 is 8.32 Å². The first-order valence-corrected chi connectivity index (χ1v) is 17.1. The molecule has 4 fully saturated rings. The van der Waals surface area contributed by atoms with E-state index in [2.05, 4.69) is 40.4 Å². The number of methoxy groups -OCH3 is 1. The van der Waals surface area contributed by atoms with Gasteiger partial charge in [0.2, 0.25) is 0 Å². The van der Waals surface area contributed by atoms with Crippen LogP contribution in [0.15, 0.2) is 0 Å². The second-order valence-electron chi connectivity index (χ2n) is 13.6. The highest BCUT2D eigenvalue weighted by Crippen LogP contribution is 2.68. The number of rotatable bonds is 6. The van der Waals surface area contributed by atoms with Gasteiger partial charge in [-0.2, -0.15) is 0 Å². The van der Waals surface area contributed by atoms with Crippen LogP contribution in [-0.4, -0.2) is 27.5 Å². The predicted octanol–water partition coefficient (Wildman–Crippen LogP) is 7.45. The summed E-state index contributed by atoms with van der Waals surface area (Å²) in [6, 6.07) is 0. The lowest BCUT2D eigenvalue weighted by atomic mass is 9.44. The van der Waals surface area contributed by atoms with Gasteiger partial charge >= 0.3 is 5.97 Å². The molecule has 4 aliphatic rings. The standard InChI is InChI=1S/C28H50O3Si/c1-19(8-13-26(29)30-4)23-11-12-24-22-10-9-20-18-21(31-32(5,6)7)14-16-27(20,2)25(22)15-17-28(23,24)3/h19-25H,8-18H2,1-7H3/t19-,20-,21-,22+,23-,24+,25+,27+,28-/m1/s1. The van der Waals surface area contributed by atoms with Crippen molar-refractivity contribution in [2.24, 2.45) is 46.3 Å². The van der Waals surface area contributed by atoms with Crippen molar-refractivity contribution in [3.05, 3.63) is 0 Å². The molecule has 0 radical (unpaired) electrons. The molecule has 4 aliphatic carbocycles. The number of fused-ring (bicyclic) bond motifs is 5. The van der Waals surface area contributed by atoms with Crippen molar-refractivity contribution >= 4 is 14.3 Å². The summed E-state index contributed by atoms with van der Waals surface area (Å²) in [5, 5.41) is 0. The summed E-state index contributed by atoms with van der Waals surface area (Å²) in [5.41, 5.74) is 1.02. The average molecular weight is 463 g/mol. The van der Waals surface area contributed by atoms with Gasteiger partial charge < -0.3 is 9.16 Å². The Morgan fingerprint density at radius 2 is 1.66 bits per heavy atom. The van der Waals surface area contributed by atoms with Crippen molar-refractivity contribution in [3.8, 4) is 0 Å². The maximum atomic E-state index is 11.7. The second-order valence-corrected chi connectivity index (χ2v) is 18.1. The number of esters is 1. The summed E-state index contributed by atoms with van der Waals surface area (Å²) in [5.74, 6) is 5.00. The molecule has 0 unspecified atom stereocenters. The van der Waals surface area contributed by atoms with Crippen LogP contribution in [0.25, 0.3) is 0 Å². The molecule has 4 rings (SSSR count). The summed E-state index contributed by atoms with van der Waals surface area (Å²) in [7, 11) is 0.0649. The zero-order valence-electron chi connectivity index (χ0n) is 22.0. The van der Waals surface area contributed by atoms with Crippen molar-refractivity contribution in [2.45, 2.75) is 117 Å². The van der Waals surface area contributed by atoms with Crippen molar-refractivity contribution in [2.75, 3.05) is 7.11 Å². The monoisotopic (exact) mass is 462 g/mol. The molecule has 4 saturated carbocycles. The molecule has 32 heavy (non-hydrogen) atoms. The number of hydrogen-bond acceptors (Lipinski definition) is 3. The van der Waals surface area contributed by atoms with Crippen LogP contribution in [0.1, 0.15) is 91.4 Å². The summed E-state index contributed by atoms with van der Waals surface area (Å²) in [4.78, 5) is 11.7. The van der Waals surface area contributed by atoms with Crippen molar-refractivity contribution in [3.63, 3.8) is 0 Å². The Kier molecular flexibility index (Phi) is 6.98. The lowest BCUT2D eigenvalue weighted by molar-refractivity contribution is -0.141. The molecule has 0 amide bonds. The molecular formula is C28H50O3Si. The minimum absolute atomic E-state index is 0.0415. The van der Waals surface area contributed by atoms with Crippen LogP contribution in [-0.2, 0) is 14.0 Å². The molecule has 0 spiro atoms. The van der Waals surface area contributed by atoms with Gasteiger partial charge in [0.15, 0.2) is 8.32 Å². The molecule has 0 aliphatic heterocycles. The third kappa shape index (κ3) is 4.49. The minimum atomic E-state index is -1.45. The summed E-state index contributed by atoms with van der Waals surface area (Å²) in [6.07, 6.45) is 14.6. The van der Waals surface area contributed by atoms with Crippen LogP contribution in [0.5, 0.6) is 0 Å². The smallest absolute Gasteiger partial charge is 0.305 e. The van der Waals surface area contributed by atoms with Gasteiger partial charge in [0.1, 0.15) is 0 Å². The van der Waals surface area contributed by atoms with E-state index in [-0.39, 0.29) is 5.97 Å². The summed E-state index contributed by atoms with van der Waals surface area (Å²) >= 11 is 0. The quantitative estimate of drug-likeness (QED) is 0.303. The van der Waals surface area contributed by atoms with Crippen LogP contribution in [0.4, 0.5) is 0 Å². The molecule has 0 heterocycles. The maximum absolute atomic E-state index is 11.7. The second kappa shape index (κ2) is 9.02. The number of carbonyl (C=O) groups excluding carboxylic acids is 1. The number of hydrogen-bond donors (Lipinski definition) is 0. The first-order valence-electron chi connectivity index (χ1n) is 13.7. The van der Waals surface area contributed by atoms with E-state index in [1.807, 2.05) is 0 Å². The van der Waals surface area contributed by atoms with Gasteiger partial charge in [0, 0.05) is 12.5 Å². The topological polar surface area (TPSA) is 35.5 Å². The zero-order valence-corrected chi connectivity index (χ0v) is 23.0. The van der Waals surface area contributed by atoms with E-state index in [4.69, 9.17) is 9.16 Å². The van der Waals surface area contributed by atoms with Gasteiger partial charge in [-0.3, -0.25) is 4.79 Å². The van der Waals surface area contributed by atoms with Crippen LogP contribution >= 0.6 is 0 Å². The van der Waals surface area contributed by atoms with Gasteiger partial charge in [-0.1, -0.05) is 20.8 Å². The largest absolute Gasteiger partial charge is 0.469 e. The Hall–Kier alpha value is -0.353. The zero-order chi connectivity index (χ0) is 23.3. The predicted molar refractivity (Wildman–Crippen MR) is 134 cm³/mol. The average Bonchev–Trinajstić information content (AvgIpc) is 3.08. The molecule has 0 aromatic heterocycles. The maximum Gasteiger partial charge on any atom is 0.305 e. The van der Waals surface area contributed by atoms with E-state index in [9.17, 15) is 4.79 Å². The van der Waals surface area contributed by atoms with Gasteiger partial charge in [0.05, 0.1) is 7.11 Å². The fraction of sp³-hybridized carbons (Fsp3) is 0.964. The van der Waals surface area contributed by atoms with Crippen molar-refractivity contribution < 1.29 is 14.0 Å². The Labute approximate surface area is 198 Å². The SMILES string of the molecule is COC(=O)CC[C@@H](C)[C@H]1CC[C@H]2[C@@H]3CC[C@@H]4C[C@H](O[Si](C)(C)C)CC[C@]4(C)[C@H]3CC[C@]12C.